The van der Waals surface area contributed by atoms with E-state index in [2.05, 4.69) is 15.9 Å². The number of carbonyl (C=O) groups excluding carboxylic acids is 1. The fraction of sp³-hybridized carbons (Fsp3) is 0.533. The van der Waals surface area contributed by atoms with Gasteiger partial charge in [0.1, 0.15) is 0 Å². The van der Waals surface area contributed by atoms with Crippen molar-refractivity contribution >= 4 is 33.7 Å². The Kier molecular flexibility index (Phi) is 5.93. The Bertz CT molecular complexity index is 472. The Labute approximate surface area is 132 Å². The summed E-state index contributed by atoms with van der Waals surface area (Å²) in [6.45, 7) is 2.00. The summed E-state index contributed by atoms with van der Waals surface area (Å²) in [5.41, 5.74) is 1.84. The van der Waals surface area contributed by atoms with Crippen LogP contribution in [0.25, 0.3) is 0 Å². The van der Waals surface area contributed by atoms with Crippen LogP contribution in [0.5, 0.6) is 0 Å². The molecule has 1 aliphatic rings. The average Bonchev–Trinajstić information content (AvgIpc) is 2.47. The number of carbonyl (C=O) groups is 1. The van der Waals surface area contributed by atoms with Gasteiger partial charge < -0.3 is 9.84 Å². The predicted molar refractivity (Wildman–Crippen MR) is 85.0 cm³/mol. The maximum absolute atomic E-state index is 11.6. The van der Waals surface area contributed by atoms with Gasteiger partial charge in [0.15, 0.2) is 6.10 Å². The van der Waals surface area contributed by atoms with E-state index in [4.69, 9.17) is 4.74 Å². The van der Waals surface area contributed by atoms with E-state index in [0.29, 0.717) is 11.5 Å². The van der Waals surface area contributed by atoms with Crippen molar-refractivity contribution in [1.82, 2.24) is 0 Å². The van der Waals surface area contributed by atoms with E-state index >= 15 is 0 Å². The molecule has 1 fully saturated rings. The molecule has 5 heteroatoms. The Morgan fingerprint density at radius 3 is 2.80 bits per heavy atom. The smallest absolute Gasteiger partial charge is 0.339 e. The Hall–Kier alpha value is -0.520. The molecule has 0 amide bonds. The fourth-order valence-electron chi connectivity index (χ4n) is 2.41. The zero-order chi connectivity index (χ0) is 14.5. The molecule has 1 atom stereocenters. The molecule has 0 saturated carbocycles. The first kappa shape index (κ1) is 15.9. The lowest BCUT2D eigenvalue weighted by atomic mass is 9.92. The molecule has 0 bridgehead atoms. The Balaban J connectivity index is 2.14. The lowest BCUT2D eigenvalue weighted by molar-refractivity contribution is -0.153. The standard InChI is InChI=1S/C15H19BrO3S/c1-2-19-15(18)14(17)11-3-4-12(13(16)9-11)10-5-7-20-8-6-10/h3-4,9-10,14,17H,2,5-8H2,1H3. The maximum atomic E-state index is 11.6. The minimum atomic E-state index is -1.21. The molecule has 1 heterocycles. The number of hydrogen-bond donors (Lipinski definition) is 1. The molecular formula is C15H19BrO3S. The van der Waals surface area contributed by atoms with E-state index in [1.54, 1.807) is 6.92 Å². The first-order chi connectivity index (χ1) is 9.63. The largest absolute Gasteiger partial charge is 0.464 e. The van der Waals surface area contributed by atoms with Gasteiger partial charge in [-0.05, 0) is 54.4 Å². The van der Waals surface area contributed by atoms with Gasteiger partial charge in [0, 0.05) is 4.47 Å². The van der Waals surface area contributed by atoms with Crippen LogP contribution in [0.3, 0.4) is 0 Å². The van der Waals surface area contributed by atoms with Crippen molar-refractivity contribution in [3.05, 3.63) is 33.8 Å². The van der Waals surface area contributed by atoms with Crippen LogP contribution in [0.1, 0.15) is 42.9 Å². The van der Waals surface area contributed by atoms with Crippen LogP contribution in [0.4, 0.5) is 0 Å². The predicted octanol–water partition coefficient (Wildman–Crippen LogP) is 3.66. The highest BCUT2D eigenvalue weighted by Gasteiger charge is 2.22. The van der Waals surface area contributed by atoms with E-state index < -0.39 is 12.1 Å². The second-order valence-corrected chi connectivity index (χ2v) is 6.90. The topological polar surface area (TPSA) is 46.5 Å². The molecule has 0 spiro atoms. The van der Waals surface area contributed by atoms with Crippen LogP contribution in [-0.4, -0.2) is 29.2 Å². The van der Waals surface area contributed by atoms with Gasteiger partial charge in [0.05, 0.1) is 6.61 Å². The average molecular weight is 359 g/mol. The van der Waals surface area contributed by atoms with E-state index in [1.807, 2.05) is 30.0 Å². The minimum absolute atomic E-state index is 0.273. The lowest BCUT2D eigenvalue weighted by Crippen LogP contribution is -2.16. The van der Waals surface area contributed by atoms with Gasteiger partial charge in [-0.25, -0.2) is 4.79 Å². The zero-order valence-electron chi connectivity index (χ0n) is 11.5. The van der Waals surface area contributed by atoms with Crippen LogP contribution in [0.2, 0.25) is 0 Å². The second kappa shape index (κ2) is 7.48. The van der Waals surface area contributed by atoms with Crippen LogP contribution in [-0.2, 0) is 9.53 Å². The van der Waals surface area contributed by atoms with Crippen LogP contribution >= 0.6 is 27.7 Å². The summed E-state index contributed by atoms with van der Waals surface area (Å²) < 4.78 is 5.81. The number of benzene rings is 1. The molecule has 1 N–H and O–H groups in total. The number of hydrogen-bond acceptors (Lipinski definition) is 4. The van der Waals surface area contributed by atoms with Crippen molar-refractivity contribution in [1.29, 1.82) is 0 Å². The van der Waals surface area contributed by atoms with Crippen molar-refractivity contribution < 1.29 is 14.6 Å². The first-order valence-corrected chi connectivity index (χ1v) is 8.80. The number of thioether (sulfide) groups is 1. The summed E-state index contributed by atoms with van der Waals surface area (Å²) in [5, 5.41) is 9.95. The first-order valence-electron chi connectivity index (χ1n) is 6.85. The van der Waals surface area contributed by atoms with Crippen molar-refractivity contribution in [3.8, 4) is 0 Å². The fourth-order valence-corrected chi connectivity index (χ4v) is 4.24. The summed E-state index contributed by atoms with van der Waals surface area (Å²) in [6.07, 6.45) is 1.16. The van der Waals surface area contributed by atoms with Gasteiger partial charge >= 0.3 is 5.97 Å². The van der Waals surface area contributed by atoms with Gasteiger partial charge in [-0.3, -0.25) is 0 Å². The third-order valence-corrected chi connectivity index (χ3v) is 5.25. The molecule has 1 aliphatic heterocycles. The van der Waals surface area contributed by atoms with E-state index in [0.717, 1.165) is 4.47 Å². The molecule has 20 heavy (non-hydrogen) atoms. The summed E-state index contributed by atoms with van der Waals surface area (Å²) in [4.78, 5) is 11.6. The molecule has 0 radical (unpaired) electrons. The van der Waals surface area contributed by atoms with Gasteiger partial charge in [-0.15, -0.1) is 0 Å². The quantitative estimate of drug-likeness (QED) is 0.834. The molecule has 1 aromatic carbocycles. The second-order valence-electron chi connectivity index (χ2n) is 4.82. The van der Waals surface area contributed by atoms with Gasteiger partial charge in [-0.2, -0.15) is 11.8 Å². The highest BCUT2D eigenvalue weighted by Crippen LogP contribution is 2.36. The van der Waals surface area contributed by atoms with Gasteiger partial charge in [0.2, 0.25) is 0 Å². The van der Waals surface area contributed by atoms with Crippen molar-refractivity contribution in [2.24, 2.45) is 0 Å². The van der Waals surface area contributed by atoms with E-state index in [1.165, 1.54) is 29.9 Å². The summed E-state index contributed by atoms with van der Waals surface area (Å²) in [6, 6.07) is 5.67. The highest BCUT2D eigenvalue weighted by molar-refractivity contribution is 9.10. The van der Waals surface area contributed by atoms with Gasteiger partial charge in [-0.1, -0.05) is 28.1 Å². The maximum Gasteiger partial charge on any atom is 0.339 e. The molecule has 2 rings (SSSR count). The van der Waals surface area contributed by atoms with Crippen LogP contribution in [0, 0.1) is 0 Å². The summed E-state index contributed by atoms with van der Waals surface area (Å²) in [5.74, 6) is 2.37. The van der Waals surface area contributed by atoms with E-state index in [9.17, 15) is 9.90 Å². The molecule has 1 aromatic rings. The monoisotopic (exact) mass is 358 g/mol. The molecule has 1 unspecified atom stereocenters. The van der Waals surface area contributed by atoms with Crippen molar-refractivity contribution in [3.63, 3.8) is 0 Å². The Morgan fingerprint density at radius 2 is 2.20 bits per heavy atom. The van der Waals surface area contributed by atoms with Crippen LogP contribution < -0.4 is 0 Å². The number of halogens is 1. The zero-order valence-corrected chi connectivity index (χ0v) is 13.9. The molecule has 110 valence electrons. The van der Waals surface area contributed by atoms with Crippen molar-refractivity contribution in [2.75, 3.05) is 18.1 Å². The number of rotatable bonds is 4. The third-order valence-electron chi connectivity index (χ3n) is 3.51. The molecule has 3 nitrogen and oxygen atoms in total. The molecular weight excluding hydrogens is 340 g/mol. The summed E-state index contributed by atoms with van der Waals surface area (Å²) >= 11 is 5.57. The van der Waals surface area contributed by atoms with Crippen molar-refractivity contribution in [2.45, 2.75) is 31.8 Å². The molecule has 1 saturated heterocycles. The summed E-state index contributed by atoms with van der Waals surface area (Å²) in [7, 11) is 0. The number of esters is 1. The lowest BCUT2D eigenvalue weighted by Gasteiger charge is -2.23. The Morgan fingerprint density at radius 1 is 1.50 bits per heavy atom. The minimum Gasteiger partial charge on any atom is -0.464 e. The van der Waals surface area contributed by atoms with Crippen LogP contribution in [0.15, 0.2) is 22.7 Å². The number of aliphatic hydroxyl groups is 1. The SMILES string of the molecule is CCOC(=O)C(O)c1ccc(C2CCSCC2)c(Br)c1. The normalized spacial score (nSPS) is 17.8. The number of ether oxygens (including phenoxy) is 1. The highest BCUT2D eigenvalue weighted by atomic mass is 79.9. The van der Waals surface area contributed by atoms with Gasteiger partial charge in [0.25, 0.3) is 0 Å². The number of aliphatic hydroxyl groups excluding tert-OH is 1. The molecule has 0 aromatic heterocycles. The molecule has 0 aliphatic carbocycles. The third kappa shape index (κ3) is 3.77. The van der Waals surface area contributed by atoms with E-state index in [-0.39, 0.29) is 6.61 Å².